The average Bonchev–Trinajstić information content (AvgIpc) is 3.10. The molecule has 1 aromatic rings. The van der Waals surface area contributed by atoms with Crippen LogP contribution in [0.3, 0.4) is 0 Å². The number of carbonyl (C=O) groups excluding carboxylic acids is 1. The Hall–Kier alpha value is -1.55. The minimum absolute atomic E-state index is 0.0880. The summed E-state index contributed by atoms with van der Waals surface area (Å²) in [4.78, 5) is 12.7. The number of hydrogen-bond acceptors (Lipinski definition) is 3. The molecule has 0 aromatic heterocycles. The third-order valence-electron chi connectivity index (χ3n) is 5.22. The number of benzene rings is 1. The summed E-state index contributed by atoms with van der Waals surface area (Å²) in [5.74, 6) is 0.831. The van der Waals surface area contributed by atoms with Crippen molar-refractivity contribution in [2.45, 2.75) is 83.8 Å². The van der Waals surface area contributed by atoms with E-state index in [9.17, 15) is 4.79 Å². The van der Waals surface area contributed by atoms with Gasteiger partial charge in [0, 0.05) is 12.8 Å². The van der Waals surface area contributed by atoms with Crippen molar-refractivity contribution >= 4 is 11.6 Å². The predicted molar refractivity (Wildman–Crippen MR) is 102 cm³/mol. The van der Waals surface area contributed by atoms with Crippen molar-refractivity contribution in [2.24, 2.45) is 0 Å². The number of carbonyl (C=O) groups is 1. The van der Waals surface area contributed by atoms with E-state index >= 15 is 0 Å². The van der Waals surface area contributed by atoms with Crippen molar-refractivity contribution in [2.75, 3.05) is 12.4 Å². The Bertz CT molecular complexity index is 566. The van der Waals surface area contributed by atoms with Crippen molar-refractivity contribution in [3.05, 3.63) is 23.8 Å². The molecule has 0 bridgehead atoms. The molecule has 1 saturated carbocycles. The predicted octanol–water partition coefficient (Wildman–Crippen LogP) is 5.24. The molecule has 1 aliphatic carbocycles. The molecule has 1 fully saturated rings. The van der Waals surface area contributed by atoms with E-state index in [2.05, 4.69) is 12.2 Å². The highest BCUT2D eigenvalue weighted by molar-refractivity contribution is 5.97. The topological polar surface area (TPSA) is 47.6 Å². The molecule has 140 valence electrons. The number of aryl methyl sites for hydroxylation is 1. The molecule has 0 saturated heterocycles. The highest BCUT2D eigenvalue weighted by atomic mass is 16.5. The lowest BCUT2D eigenvalue weighted by Crippen LogP contribution is -2.42. The number of ether oxygens (including phenoxy) is 2. The van der Waals surface area contributed by atoms with Crippen molar-refractivity contribution in [1.82, 2.24) is 0 Å². The Morgan fingerprint density at radius 3 is 2.60 bits per heavy atom. The van der Waals surface area contributed by atoms with Gasteiger partial charge in [-0.25, -0.2) is 0 Å². The van der Waals surface area contributed by atoms with Crippen molar-refractivity contribution in [3.8, 4) is 5.75 Å². The number of anilines is 1. The molecular formula is C21H33NO3. The Kier molecular flexibility index (Phi) is 7.30. The van der Waals surface area contributed by atoms with Crippen LogP contribution in [0.2, 0.25) is 0 Å². The summed E-state index contributed by atoms with van der Waals surface area (Å²) in [5, 5.41) is 3.00. The van der Waals surface area contributed by atoms with Crippen LogP contribution in [0, 0.1) is 6.92 Å². The van der Waals surface area contributed by atoms with E-state index < -0.39 is 5.60 Å². The van der Waals surface area contributed by atoms with Gasteiger partial charge < -0.3 is 14.8 Å². The monoisotopic (exact) mass is 347 g/mol. The fraction of sp³-hybridized carbons (Fsp3) is 0.667. The summed E-state index contributed by atoms with van der Waals surface area (Å²) in [6.45, 7) is 6.04. The molecule has 1 aliphatic rings. The van der Waals surface area contributed by atoms with E-state index in [0.717, 1.165) is 55.5 Å². The number of rotatable bonds is 9. The van der Waals surface area contributed by atoms with Gasteiger partial charge in [-0.05, 0) is 69.7 Å². The first-order valence-corrected chi connectivity index (χ1v) is 9.62. The normalized spacial score (nSPS) is 17.3. The van der Waals surface area contributed by atoms with Gasteiger partial charge in [0.05, 0.1) is 6.10 Å². The van der Waals surface area contributed by atoms with Gasteiger partial charge >= 0.3 is 0 Å². The molecule has 0 heterocycles. The number of nitrogens with one attached hydrogen (secondary N) is 1. The maximum atomic E-state index is 12.7. The lowest BCUT2D eigenvalue weighted by atomic mass is 9.97. The summed E-state index contributed by atoms with van der Waals surface area (Å²) in [6.07, 6.45) is 9.09. The van der Waals surface area contributed by atoms with Gasteiger partial charge in [-0.15, -0.1) is 0 Å². The van der Waals surface area contributed by atoms with Crippen LogP contribution in [0.25, 0.3) is 0 Å². The molecule has 0 radical (unpaired) electrons. The second-order valence-corrected chi connectivity index (χ2v) is 7.35. The van der Waals surface area contributed by atoms with Crippen LogP contribution in [0.15, 0.2) is 18.2 Å². The Morgan fingerprint density at radius 1 is 1.28 bits per heavy atom. The Balaban J connectivity index is 1.98. The Morgan fingerprint density at radius 2 is 2.00 bits per heavy atom. The van der Waals surface area contributed by atoms with E-state index in [0.29, 0.717) is 6.10 Å². The van der Waals surface area contributed by atoms with E-state index in [1.165, 1.54) is 12.8 Å². The largest absolute Gasteiger partial charge is 0.490 e. The zero-order valence-electron chi connectivity index (χ0n) is 16.2. The quantitative estimate of drug-likeness (QED) is 0.621. The molecule has 1 atom stereocenters. The van der Waals surface area contributed by atoms with Crippen LogP contribution in [0.5, 0.6) is 5.75 Å². The third-order valence-corrected chi connectivity index (χ3v) is 5.22. The van der Waals surface area contributed by atoms with E-state index in [-0.39, 0.29) is 5.91 Å². The highest BCUT2D eigenvalue weighted by Crippen LogP contribution is 2.29. The number of unbranched alkanes of at least 4 members (excludes halogenated alkanes) is 2. The lowest BCUT2D eigenvalue weighted by Gasteiger charge is -2.27. The first-order valence-electron chi connectivity index (χ1n) is 9.62. The zero-order chi connectivity index (χ0) is 18.3. The van der Waals surface area contributed by atoms with E-state index in [1.54, 1.807) is 7.11 Å². The summed E-state index contributed by atoms with van der Waals surface area (Å²) < 4.78 is 11.6. The molecule has 2 rings (SSSR count). The lowest BCUT2D eigenvalue weighted by molar-refractivity contribution is -0.136. The maximum absolute atomic E-state index is 12.7. The molecule has 0 unspecified atom stereocenters. The van der Waals surface area contributed by atoms with Crippen LogP contribution in [-0.4, -0.2) is 24.7 Å². The van der Waals surface area contributed by atoms with Gasteiger partial charge in [-0.2, -0.15) is 0 Å². The summed E-state index contributed by atoms with van der Waals surface area (Å²) >= 11 is 0. The van der Waals surface area contributed by atoms with Crippen LogP contribution in [-0.2, 0) is 9.53 Å². The molecular weight excluding hydrogens is 314 g/mol. The summed E-state index contributed by atoms with van der Waals surface area (Å²) in [7, 11) is 1.61. The SMILES string of the molecule is CCCCC[C@@](C)(OC)C(=O)Nc1ccc(OC2CCCC2)c(C)c1. The highest BCUT2D eigenvalue weighted by Gasteiger charge is 2.32. The van der Waals surface area contributed by atoms with Gasteiger partial charge in [0.25, 0.3) is 5.91 Å². The van der Waals surface area contributed by atoms with Crippen LogP contribution >= 0.6 is 0 Å². The van der Waals surface area contributed by atoms with Crippen molar-refractivity contribution in [1.29, 1.82) is 0 Å². The fourth-order valence-corrected chi connectivity index (χ4v) is 3.33. The minimum atomic E-state index is -0.790. The van der Waals surface area contributed by atoms with E-state index in [4.69, 9.17) is 9.47 Å². The minimum Gasteiger partial charge on any atom is -0.490 e. The first kappa shape index (κ1) is 19.8. The third kappa shape index (κ3) is 5.46. The van der Waals surface area contributed by atoms with Gasteiger partial charge in [-0.1, -0.05) is 26.2 Å². The maximum Gasteiger partial charge on any atom is 0.256 e. The van der Waals surface area contributed by atoms with Crippen LogP contribution < -0.4 is 10.1 Å². The number of hydrogen-bond donors (Lipinski definition) is 1. The molecule has 0 spiro atoms. The molecule has 1 aromatic carbocycles. The smallest absolute Gasteiger partial charge is 0.256 e. The fourth-order valence-electron chi connectivity index (χ4n) is 3.33. The zero-order valence-corrected chi connectivity index (χ0v) is 16.2. The van der Waals surface area contributed by atoms with Gasteiger partial charge in [0.15, 0.2) is 0 Å². The van der Waals surface area contributed by atoms with Crippen LogP contribution in [0.4, 0.5) is 5.69 Å². The number of amides is 1. The second kappa shape index (κ2) is 9.23. The molecule has 1 amide bonds. The summed E-state index contributed by atoms with van der Waals surface area (Å²) in [5.41, 5.74) is 1.05. The van der Waals surface area contributed by atoms with Crippen LogP contribution in [0.1, 0.15) is 70.8 Å². The second-order valence-electron chi connectivity index (χ2n) is 7.35. The molecule has 0 aliphatic heterocycles. The van der Waals surface area contributed by atoms with Crippen molar-refractivity contribution < 1.29 is 14.3 Å². The van der Waals surface area contributed by atoms with Crippen molar-refractivity contribution in [3.63, 3.8) is 0 Å². The molecule has 4 heteroatoms. The first-order chi connectivity index (χ1) is 12.0. The molecule has 1 N–H and O–H groups in total. The van der Waals surface area contributed by atoms with Gasteiger partial charge in [-0.3, -0.25) is 4.79 Å². The standard InChI is InChI=1S/C21H33NO3/c1-5-6-9-14-21(3,24-4)20(23)22-17-12-13-19(16(2)15-17)25-18-10-7-8-11-18/h12-13,15,18H,5-11,14H2,1-4H3,(H,22,23)/t21-/m1/s1. The number of methoxy groups -OCH3 is 1. The average molecular weight is 347 g/mol. The summed E-state index contributed by atoms with van der Waals surface area (Å²) in [6, 6.07) is 5.85. The molecule has 25 heavy (non-hydrogen) atoms. The van der Waals surface area contributed by atoms with Gasteiger partial charge in [0.1, 0.15) is 11.4 Å². The van der Waals surface area contributed by atoms with Gasteiger partial charge in [0.2, 0.25) is 0 Å². The Labute approximate surface area is 152 Å². The molecule has 4 nitrogen and oxygen atoms in total. The van der Waals surface area contributed by atoms with E-state index in [1.807, 2.05) is 32.0 Å².